The quantitative estimate of drug-likeness (QED) is 0.751. The van der Waals surface area contributed by atoms with E-state index in [1.807, 2.05) is 36.4 Å². The Morgan fingerprint density at radius 3 is 2.86 bits per heavy atom. The highest BCUT2D eigenvalue weighted by Gasteiger charge is 2.25. The van der Waals surface area contributed by atoms with Gasteiger partial charge >= 0.3 is 0 Å². The van der Waals surface area contributed by atoms with E-state index >= 15 is 0 Å². The first-order valence-corrected chi connectivity index (χ1v) is 8.58. The van der Waals surface area contributed by atoms with Gasteiger partial charge in [0.25, 0.3) is 0 Å². The lowest BCUT2D eigenvalue weighted by Crippen LogP contribution is -2.16. The number of fused-ring (bicyclic) bond motifs is 1. The lowest BCUT2D eigenvalue weighted by atomic mass is 9.86. The van der Waals surface area contributed by atoms with E-state index in [2.05, 4.69) is 37.9 Å². The molecule has 110 valence electrons. The topological polar surface area (TPSA) is 29.5 Å². The van der Waals surface area contributed by atoms with Crippen molar-refractivity contribution in [1.29, 1.82) is 0 Å². The third kappa shape index (κ3) is 3.33. The summed E-state index contributed by atoms with van der Waals surface area (Å²) in [5.74, 6) is 1.28. The molecule has 1 N–H and O–H groups in total. The summed E-state index contributed by atoms with van der Waals surface area (Å²) in [6.45, 7) is 0.716. The van der Waals surface area contributed by atoms with Gasteiger partial charge in [0, 0.05) is 8.95 Å². The number of hydrogen-bond acceptors (Lipinski definition) is 2. The van der Waals surface area contributed by atoms with Gasteiger partial charge in [0.05, 0.1) is 12.7 Å². The molecule has 4 heteroatoms. The molecular formula is C17H16Br2O2. The van der Waals surface area contributed by atoms with Gasteiger partial charge in [0.15, 0.2) is 0 Å². The molecule has 0 spiro atoms. The predicted molar refractivity (Wildman–Crippen MR) is 90.7 cm³/mol. The van der Waals surface area contributed by atoms with Crippen LogP contribution in [0.15, 0.2) is 51.4 Å². The minimum atomic E-state index is -0.493. The van der Waals surface area contributed by atoms with Crippen LogP contribution in [0.2, 0.25) is 0 Å². The summed E-state index contributed by atoms with van der Waals surface area (Å²) in [6.07, 6.45) is 1.16. The van der Waals surface area contributed by atoms with Crippen LogP contribution in [0, 0.1) is 0 Å². The van der Waals surface area contributed by atoms with E-state index in [1.54, 1.807) is 0 Å². The molecule has 0 bridgehead atoms. The van der Waals surface area contributed by atoms with Crippen molar-refractivity contribution in [3.63, 3.8) is 0 Å². The number of halogens is 2. The van der Waals surface area contributed by atoms with Crippen LogP contribution >= 0.6 is 31.9 Å². The molecule has 0 radical (unpaired) electrons. The highest BCUT2D eigenvalue weighted by Crippen LogP contribution is 2.40. The van der Waals surface area contributed by atoms with Crippen molar-refractivity contribution in [2.45, 2.75) is 24.9 Å². The Hall–Kier alpha value is -0.840. The third-order valence-corrected chi connectivity index (χ3v) is 5.12. The van der Waals surface area contributed by atoms with Crippen molar-refractivity contribution < 1.29 is 9.84 Å². The number of para-hydroxylation sites is 1. The Kier molecular flexibility index (Phi) is 4.67. The number of benzene rings is 2. The molecule has 1 aliphatic rings. The largest absolute Gasteiger partial charge is 0.493 e. The van der Waals surface area contributed by atoms with Crippen LogP contribution in [-0.2, 0) is 0 Å². The normalized spacial score (nSPS) is 18.7. The van der Waals surface area contributed by atoms with Crippen molar-refractivity contribution in [2.75, 3.05) is 6.61 Å². The van der Waals surface area contributed by atoms with Gasteiger partial charge in [-0.3, -0.25) is 0 Å². The molecular weight excluding hydrogens is 396 g/mol. The molecule has 1 heterocycles. The summed E-state index contributed by atoms with van der Waals surface area (Å²) in [5, 5.41) is 10.6. The van der Waals surface area contributed by atoms with E-state index < -0.39 is 6.10 Å². The molecule has 2 nitrogen and oxygen atoms in total. The van der Waals surface area contributed by atoms with Gasteiger partial charge in [-0.15, -0.1) is 0 Å². The maximum atomic E-state index is 10.6. The molecule has 2 unspecified atom stereocenters. The molecule has 0 saturated heterocycles. The zero-order valence-corrected chi connectivity index (χ0v) is 14.6. The predicted octanol–water partition coefficient (Wildman–Crippen LogP) is 5.20. The van der Waals surface area contributed by atoms with Crippen LogP contribution in [0.3, 0.4) is 0 Å². The minimum absolute atomic E-state index is 0.329. The van der Waals surface area contributed by atoms with Crippen LogP contribution < -0.4 is 4.74 Å². The van der Waals surface area contributed by atoms with E-state index in [1.165, 1.54) is 5.56 Å². The smallest absolute Gasteiger partial charge is 0.122 e. The molecule has 21 heavy (non-hydrogen) atoms. The first-order valence-electron chi connectivity index (χ1n) is 7.00. The summed E-state index contributed by atoms with van der Waals surface area (Å²) < 4.78 is 7.61. The molecule has 0 amide bonds. The molecule has 2 aromatic rings. The number of ether oxygens (including phenoxy) is 1. The van der Waals surface area contributed by atoms with Gasteiger partial charge in [-0.25, -0.2) is 0 Å². The molecule has 2 aromatic carbocycles. The Balaban J connectivity index is 1.82. The van der Waals surface area contributed by atoms with Gasteiger partial charge in [-0.2, -0.15) is 0 Å². The minimum Gasteiger partial charge on any atom is -0.493 e. The number of rotatable bonds is 3. The lowest BCUT2D eigenvalue weighted by molar-refractivity contribution is 0.144. The van der Waals surface area contributed by atoms with Crippen molar-refractivity contribution in [3.05, 3.63) is 62.5 Å². The highest BCUT2D eigenvalue weighted by atomic mass is 79.9. The average molecular weight is 412 g/mol. The lowest BCUT2D eigenvalue weighted by Gasteiger charge is -2.28. The summed E-state index contributed by atoms with van der Waals surface area (Å²) >= 11 is 6.99. The number of hydrogen-bond donors (Lipinski definition) is 1. The number of aliphatic hydroxyl groups excluding tert-OH is 1. The fraction of sp³-hybridized carbons (Fsp3) is 0.294. The SMILES string of the molecule is OC(CC1CCOc2ccccc21)c1cc(Br)ccc1Br. The van der Waals surface area contributed by atoms with Crippen LogP contribution in [0.25, 0.3) is 0 Å². The summed E-state index contributed by atoms with van der Waals surface area (Å²) in [5.41, 5.74) is 2.13. The van der Waals surface area contributed by atoms with Crippen LogP contribution in [0.1, 0.15) is 36.0 Å². The fourth-order valence-electron chi connectivity index (χ4n) is 2.83. The van der Waals surface area contributed by atoms with Gasteiger partial charge in [0.1, 0.15) is 5.75 Å². The Labute approximate surface area is 141 Å². The summed E-state index contributed by atoms with van der Waals surface area (Å²) in [6, 6.07) is 14.0. The average Bonchev–Trinajstić information content (AvgIpc) is 2.50. The molecule has 0 saturated carbocycles. The first-order chi connectivity index (χ1) is 10.1. The monoisotopic (exact) mass is 410 g/mol. The molecule has 2 atom stereocenters. The highest BCUT2D eigenvalue weighted by molar-refractivity contribution is 9.11. The van der Waals surface area contributed by atoms with Gasteiger partial charge in [0.2, 0.25) is 0 Å². The van der Waals surface area contributed by atoms with E-state index in [4.69, 9.17) is 4.74 Å². The van der Waals surface area contributed by atoms with Crippen LogP contribution in [0.5, 0.6) is 5.75 Å². The maximum absolute atomic E-state index is 10.6. The molecule has 0 aliphatic carbocycles. The molecule has 0 aromatic heterocycles. The van der Waals surface area contributed by atoms with Crippen molar-refractivity contribution in [1.82, 2.24) is 0 Å². The van der Waals surface area contributed by atoms with E-state index in [9.17, 15) is 5.11 Å². The standard InChI is InChI=1S/C17H16Br2O2/c18-12-5-6-15(19)14(10-12)16(20)9-11-7-8-21-17-4-2-1-3-13(11)17/h1-6,10-11,16,20H,7-9H2. The van der Waals surface area contributed by atoms with E-state index in [0.717, 1.165) is 26.7 Å². The van der Waals surface area contributed by atoms with Crippen LogP contribution in [-0.4, -0.2) is 11.7 Å². The third-order valence-electron chi connectivity index (χ3n) is 3.91. The Morgan fingerprint density at radius 2 is 2.00 bits per heavy atom. The number of aliphatic hydroxyl groups is 1. The van der Waals surface area contributed by atoms with Crippen LogP contribution in [0.4, 0.5) is 0 Å². The first kappa shape index (κ1) is 15.1. The summed E-state index contributed by atoms with van der Waals surface area (Å²) in [7, 11) is 0. The summed E-state index contributed by atoms with van der Waals surface area (Å²) in [4.78, 5) is 0. The zero-order valence-electron chi connectivity index (χ0n) is 11.4. The zero-order chi connectivity index (χ0) is 14.8. The van der Waals surface area contributed by atoms with Gasteiger partial charge in [-0.05, 0) is 54.2 Å². The van der Waals surface area contributed by atoms with Crippen molar-refractivity contribution in [3.8, 4) is 5.75 Å². The van der Waals surface area contributed by atoms with Gasteiger partial charge < -0.3 is 9.84 Å². The van der Waals surface area contributed by atoms with E-state index in [0.29, 0.717) is 18.9 Å². The Morgan fingerprint density at radius 1 is 1.19 bits per heavy atom. The maximum Gasteiger partial charge on any atom is 0.122 e. The molecule has 3 rings (SSSR count). The fourth-order valence-corrected chi connectivity index (χ4v) is 3.72. The van der Waals surface area contributed by atoms with Crippen molar-refractivity contribution >= 4 is 31.9 Å². The Bertz CT molecular complexity index is 642. The second-order valence-electron chi connectivity index (χ2n) is 5.29. The second kappa shape index (κ2) is 6.51. The van der Waals surface area contributed by atoms with Crippen molar-refractivity contribution in [2.24, 2.45) is 0 Å². The second-order valence-corrected chi connectivity index (χ2v) is 7.06. The van der Waals surface area contributed by atoms with Gasteiger partial charge in [-0.1, -0.05) is 50.1 Å². The van der Waals surface area contributed by atoms with E-state index in [-0.39, 0.29) is 0 Å². The molecule has 0 fully saturated rings. The molecule has 1 aliphatic heterocycles.